The molecule has 1 aliphatic heterocycles. The summed E-state index contributed by atoms with van der Waals surface area (Å²) in [5, 5.41) is -0.604. The molecule has 5 aromatic rings. The Hall–Kier alpha value is -4.29. The largest absolute Gasteiger partial charge is 0.443 e. The fourth-order valence-electron chi connectivity index (χ4n) is 5.41. The molecule has 49 heavy (non-hydrogen) atoms. The highest BCUT2D eigenvalue weighted by Crippen LogP contribution is 2.34. The number of halogens is 3. The molecule has 1 aliphatic rings. The lowest BCUT2D eigenvalue weighted by Crippen LogP contribution is -2.62. The average molecular weight is 689 g/mol. The van der Waals surface area contributed by atoms with Gasteiger partial charge in [0.05, 0.1) is 33.0 Å². The Labute approximate surface area is 288 Å². The van der Waals surface area contributed by atoms with Crippen molar-refractivity contribution in [1.29, 1.82) is 0 Å². The van der Waals surface area contributed by atoms with Crippen molar-refractivity contribution in [3.63, 3.8) is 0 Å². The van der Waals surface area contributed by atoms with Gasteiger partial charge in [-0.2, -0.15) is 18.7 Å². The fraction of sp³-hybridized carbons (Fsp3) is 0.263. The number of hydrogen-bond donors (Lipinski definition) is 0. The first-order valence-corrected chi connectivity index (χ1v) is 16.2. The summed E-state index contributed by atoms with van der Waals surface area (Å²) in [6, 6.07) is 38.6. The molecular formula is C38H35ClF2N2O6. The molecule has 5 atom stereocenters. The highest BCUT2D eigenvalue weighted by molar-refractivity contribution is 6.31. The van der Waals surface area contributed by atoms with Gasteiger partial charge in [-0.25, -0.2) is 0 Å². The molecule has 0 radical (unpaired) electrons. The maximum Gasteiger partial charge on any atom is 0.314 e. The van der Waals surface area contributed by atoms with Gasteiger partial charge in [0, 0.05) is 0 Å². The summed E-state index contributed by atoms with van der Waals surface area (Å²) in [7, 11) is 0. The number of rotatable bonds is 15. The van der Waals surface area contributed by atoms with Gasteiger partial charge in [-0.1, -0.05) is 133 Å². The molecular weight excluding hydrogens is 654 g/mol. The Bertz CT molecular complexity index is 1730. The third-order valence-corrected chi connectivity index (χ3v) is 8.14. The summed E-state index contributed by atoms with van der Waals surface area (Å²) in [5.41, 5.74) is 3.69. The van der Waals surface area contributed by atoms with E-state index in [9.17, 15) is 8.78 Å². The van der Waals surface area contributed by atoms with E-state index >= 15 is 0 Å². The van der Waals surface area contributed by atoms with Gasteiger partial charge in [0.15, 0.2) is 5.02 Å². The van der Waals surface area contributed by atoms with Crippen LogP contribution in [0.2, 0.25) is 5.02 Å². The first-order chi connectivity index (χ1) is 24.0. The minimum absolute atomic E-state index is 0.0606. The van der Waals surface area contributed by atoms with Gasteiger partial charge in [0.2, 0.25) is 18.1 Å². The van der Waals surface area contributed by atoms with Gasteiger partial charge in [-0.15, -0.1) is 0 Å². The van der Waals surface area contributed by atoms with Gasteiger partial charge in [-0.05, 0) is 22.3 Å². The Balaban J connectivity index is 1.35. The Morgan fingerprint density at radius 1 is 0.571 bits per heavy atom. The maximum absolute atomic E-state index is 14.4. The van der Waals surface area contributed by atoms with Gasteiger partial charge in [0.25, 0.3) is 0 Å². The van der Waals surface area contributed by atoms with Gasteiger partial charge in [0.1, 0.15) is 24.4 Å². The molecule has 6 rings (SSSR count). The van der Waals surface area contributed by atoms with Crippen LogP contribution in [0.3, 0.4) is 0 Å². The molecule has 8 nitrogen and oxygen atoms in total. The fourth-order valence-corrected chi connectivity index (χ4v) is 5.54. The van der Waals surface area contributed by atoms with Crippen LogP contribution in [0.25, 0.3) is 0 Å². The zero-order valence-electron chi connectivity index (χ0n) is 26.4. The topological polar surface area (TPSA) is 81.2 Å². The summed E-state index contributed by atoms with van der Waals surface area (Å²) < 4.78 is 67.0. The van der Waals surface area contributed by atoms with Gasteiger partial charge in [-0.3, -0.25) is 0 Å². The van der Waals surface area contributed by atoms with Gasteiger partial charge < -0.3 is 28.4 Å². The quantitative estimate of drug-likeness (QED) is 0.0827. The summed E-state index contributed by atoms with van der Waals surface area (Å²) >= 11 is 6.15. The first kappa shape index (κ1) is 34.6. The molecule has 11 heteroatoms. The Morgan fingerprint density at radius 3 is 1.53 bits per heavy atom. The van der Waals surface area contributed by atoms with Crippen molar-refractivity contribution in [3.8, 4) is 5.88 Å². The maximum atomic E-state index is 14.4. The molecule has 1 saturated heterocycles. The van der Waals surface area contributed by atoms with Crippen LogP contribution in [-0.4, -0.2) is 47.3 Å². The number of benzene rings is 4. The second-order valence-electron chi connectivity index (χ2n) is 11.3. The summed E-state index contributed by atoms with van der Waals surface area (Å²) in [6.45, 7) is 0.936. The third-order valence-electron chi connectivity index (χ3n) is 7.82. The van der Waals surface area contributed by atoms with Crippen molar-refractivity contribution in [2.24, 2.45) is 0 Å². The molecule has 0 saturated carbocycles. The van der Waals surface area contributed by atoms with Crippen molar-refractivity contribution in [2.75, 3.05) is 6.61 Å². The minimum Gasteiger partial charge on any atom is -0.443 e. The standard InChI is InChI=1S/C38H35ClF2N2O6/c39-31-35(40)42-38(41)43-36(31)49-37-34(47-24-29-19-11-4-12-20-29)33(46-23-28-17-9-3-10-18-28)32(45-22-27-15-7-2-8-16-27)30(48-37)25-44-21-26-13-5-1-6-14-26/h1-20,30,32-34,37H,21-25H2/t30-,32-,33+,34-,37+/m1/s1. The predicted octanol–water partition coefficient (Wildman–Crippen LogP) is 7.48. The van der Waals surface area contributed by atoms with Gasteiger partial charge >= 0.3 is 6.08 Å². The molecule has 1 fully saturated rings. The smallest absolute Gasteiger partial charge is 0.314 e. The van der Waals surface area contributed by atoms with Crippen molar-refractivity contribution in [2.45, 2.75) is 57.1 Å². The van der Waals surface area contributed by atoms with Crippen LogP contribution in [0, 0.1) is 12.0 Å². The molecule has 0 spiro atoms. The monoisotopic (exact) mass is 688 g/mol. The van der Waals surface area contributed by atoms with Crippen LogP contribution < -0.4 is 4.74 Å². The van der Waals surface area contributed by atoms with E-state index in [0.29, 0.717) is 6.61 Å². The number of aromatic nitrogens is 2. The Kier molecular flexibility index (Phi) is 12.3. The normalized spacial score (nSPS) is 20.6. The van der Waals surface area contributed by atoms with Crippen molar-refractivity contribution in [1.82, 2.24) is 9.97 Å². The number of hydrogen-bond acceptors (Lipinski definition) is 8. The van der Waals surface area contributed by atoms with E-state index < -0.39 is 53.6 Å². The van der Waals surface area contributed by atoms with E-state index in [-0.39, 0.29) is 26.4 Å². The first-order valence-electron chi connectivity index (χ1n) is 15.8. The number of nitrogens with zero attached hydrogens (tertiary/aromatic N) is 2. The molecule has 254 valence electrons. The SMILES string of the molecule is Fc1nc(F)c(Cl)c(O[C@@H]2O[C@H](COCc3ccccc3)[C@@H](OCc3ccccc3)[C@H](OCc3ccccc3)[C@H]2OCc2ccccc2)n1. The van der Waals surface area contributed by atoms with Crippen LogP contribution in [0.1, 0.15) is 22.3 Å². The molecule has 0 unspecified atom stereocenters. The highest BCUT2D eigenvalue weighted by atomic mass is 35.5. The average Bonchev–Trinajstić information content (AvgIpc) is 3.13. The molecule has 0 bridgehead atoms. The zero-order chi connectivity index (χ0) is 33.8. The summed E-state index contributed by atoms with van der Waals surface area (Å²) in [4.78, 5) is 6.67. The highest BCUT2D eigenvalue weighted by Gasteiger charge is 2.50. The molecule has 0 aliphatic carbocycles. The van der Waals surface area contributed by atoms with Crippen molar-refractivity contribution >= 4 is 11.6 Å². The van der Waals surface area contributed by atoms with E-state index in [0.717, 1.165) is 22.3 Å². The molecule has 4 aromatic carbocycles. The van der Waals surface area contributed by atoms with E-state index in [4.69, 9.17) is 40.0 Å². The lowest BCUT2D eigenvalue weighted by Gasteiger charge is -2.45. The molecule has 0 N–H and O–H groups in total. The van der Waals surface area contributed by atoms with Crippen LogP contribution >= 0.6 is 11.6 Å². The Morgan fingerprint density at radius 2 is 1.02 bits per heavy atom. The van der Waals surface area contributed by atoms with Crippen molar-refractivity contribution < 1.29 is 37.2 Å². The second-order valence-corrected chi connectivity index (χ2v) is 11.7. The van der Waals surface area contributed by atoms with Crippen LogP contribution in [0.4, 0.5) is 8.78 Å². The molecule has 1 aromatic heterocycles. The van der Waals surface area contributed by atoms with Crippen LogP contribution in [-0.2, 0) is 50.1 Å². The number of ether oxygens (including phenoxy) is 6. The lowest BCUT2D eigenvalue weighted by molar-refractivity contribution is -0.310. The predicted molar refractivity (Wildman–Crippen MR) is 177 cm³/mol. The van der Waals surface area contributed by atoms with E-state index in [1.165, 1.54) is 0 Å². The van der Waals surface area contributed by atoms with E-state index in [1.807, 2.05) is 121 Å². The molecule has 0 amide bonds. The van der Waals surface area contributed by atoms with Crippen LogP contribution in [0.15, 0.2) is 121 Å². The lowest BCUT2D eigenvalue weighted by atomic mass is 9.97. The van der Waals surface area contributed by atoms with E-state index in [1.54, 1.807) is 0 Å². The second kappa shape index (κ2) is 17.4. The molecule has 2 heterocycles. The summed E-state index contributed by atoms with van der Waals surface area (Å²) in [6.07, 6.45) is -6.00. The zero-order valence-corrected chi connectivity index (χ0v) is 27.2. The van der Waals surface area contributed by atoms with Crippen LogP contribution in [0.5, 0.6) is 5.88 Å². The van der Waals surface area contributed by atoms with Crippen molar-refractivity contribution in [3.05, 3.63) is 161 Å². The minimum atomic E-state index is -1.35. The van der Waals surface area contributed by atoms with E-state index in [2.05, 4.69) is 9.97 Å². The third kappa shape index (κ3) is 9.66. The summed E-state index contributed by atoms with van der Waals surface area (Å²) in [5.74, 6) is -1.81.